The van der Waals surface area contributed by atoms with Gasteiger partial charge in [-0.25, -0.2) is 0 Å². The van der Waals surface area contributed by atoms with Gasteiger partial charge in [0, 0.05) is 13.0 Å². The van der Waals surface area contributed by atoms with Crippen molar-refractivity contribution in [2.75, 3.05) is 6.54 Å². The predicted octanol–water partition coefficient (Wildman–Crippen LogP) is 2.51. The van der Waals surface area contributed by atoms with E-state index in [0.29, 0.717) is 13.0 Å². The van der Waals surface area contributed by atoms with Crippen molar-refractivity contribution >= 4 is 5.91 Å². The molecular formula is C16H25NO2. The molecule has 0 bridgehead atoms. The number of rotatable bonds is 7. The van der Waals surface area contributed by atoms with E-state index in [1.165, 1.54) is 16.7 Å². The maximum atomic E-state index is 11.7. The lowest BCUT2D eigenvalue weighted by Crippen LogP contribution is -2.32. The first kappa shape index (κ1) is 15.7. The summed E-state index contributed by atoms with van der Waals surface area (Å²) in [5, 5.41) is 12.3. The lowest BCUT2D eigenvalue weighted by Gasteiger charge is -2.11. The van der Waals surface area contributed by atoms with Gasteiger partial charge >= 0.3 is 0 Å². The summed E-state index contributed by atoms with van der Waals surface area (Å²) in [7, 11) is 0. The molecule has 1 unspecified atom stereocenters. The van der Waals surface area contributed by atoms with Crippen LogP contribution in [-0.4, -0.2) is 23.7 Å². The number of carbonyl (C=O) groups is 1. The van der Waals surface area contributed by atoms with Gasteiger partial charge in [-0.05, 0) is 32.3 Å². The highest BCUT2D eigenvalue weighted by Gasteiger charge is 2.06. The topological polar surface area (TPSA) is 49.3 Å². The van der Waals surface area contributed by atoms with E-state index in [-0.39, 0.29) is 5.91 Å². The summed E-state index contributed by atoms with van der Waals surface area (Å²) in [6.45, 7) is 6.51. The van der Waals surface area contributed by atoms with Crippen LogP contribution in [0.4, 0.5) is 0 Å². The first-order valence-corrected chi connectivity index (χ1v) is 7.03. The van der Waals surface area contributed by atoms with E-state index >= 15 is 0 Å². The molecule has 0 spiro atoms. The number of amides is 1. The van der Waals surface area contributed by atoms with Crippen molar-refractivity contribution in [3.05, 3.63) is 34.9 Å². The number of aryl methyl sites for hydroxylation is 3. The van der Waals surface area contributed by atoms with Gasteiger partial charge in [0.1, 0.15) is 0 Å². The van der Waals surface area contributed by atoms with Crippen molar-refractivity contribution in [2.45, 2.75) is 52.6 Å². The summed E-state index contributed by atoms with van der Waals surface area (Å²) in [5.41, 5.74) is 3.66. The van der Waals surface area contributed by atoms with Crippen LogP contribution in [0, 0.1) is 13.8 Å². The minimum atomic E-state index is -0.421. The summed E-state index contributed by atoms with van der Waals surface area (Å²) in [4.78, 5) is 11.7. The van der Waals surface area contributed by atoms with Crippen LogP contribution in [0.3, 0.4) is 0 Å². The van der Waals surface area contributed by atoms with Gasteiger partial charge in [0.2, 0.25) is 5.91 Å². The molecule has 0 fully saturated rings. The Labute approximate surface area is 116 Å². The van der Waals surface area contributed by atoms with Crippen LogP contribution in [0.5, 0.6) is 0 Å². The number of hydrogen-bond acceptors (Lipinski definition) is 2. The van der Waals surface area contributed by atoms with Crippen LogP contribution in [-0.2, 0) is 11.2 Å². The second-order valence-electron chi connectivity index (χ2n) is 5.24. The third-order valence-electron chi connectivity index (χ3n) is 3.08. The Morgan fingerprint density at radius 2 is 1.89 bits per heavy atom. The zero-order chi connectivity index (χ0) is 14.3. The Hall–Kier alpha value is -1.35. The van der Waals surface area contributed by atoms with Crippen LogP contribution in [0.2, 0.25) is 0 Å². The quantitative estimate of drug-likeness (QED) is 0.794. The Morgan fingerprint density at radius 1 is 1.26 bits per heavy atom. The summed E-state index contributed by atoms with van der Waals surface area (Å²) >= 11 is 0. The summed E-state index contributed by atoms with van der Waals surface area (Å²) in [5.74, 6) is 0.00862. The van der Waals surface area contributed by atoms with Gasteiger partial charge in [-0.2, -0.15) is 0 Å². The van der Waals surface area contributed by atoms with Crippen LogP contribution in [0.25, 0.3) is 0 Å². The number of nitrogens with one attached hydrogen (secondary N) is 1. The molecule has 0 saturated carbocycles. The first-order chi connectivity index (χ1) is 9.01. The molecule has 0 aromatic heterocycles. The standard InChI is InChI=1S/C16H25NO2/c1-4-5-15(18)11-17-16(19)7-6-14-9-12(2)8-13(3)10-14/h8-10,15,18H,4-7,11H2,1-3H3,(H,17,19). The second kappa shape index (κ2) is 7.95. The van der Waals surface area contributed by atoms with Crippen LogP contribution in [0.1, 0.15) is 42.9 Å². The zero-order valence-electron chi connectivity index (χ0n) is 12.2. The lowest BCUT2D eigenvalue weighted by atomic mass is 10.0. The summed E-state index contributed by atoms with van der Waals surface area (Å²) in [6.07, 6.45) is 2.46. The fourth-order valence-corrected chi connectivity index (χ4v) is 2.23. The first-order valence-electron chi connectivity index (χ1n) is 7.03. The van der Waals surface area contributed by atoms with Crippen LogP contribution < -0.4 is 5.32 Å². The molecule has 2 N–H and O–H groups in total. The Bertz CT molecular complexity index is 395. The molecule has 1 rings (SSSR count). The van der Waals surface area contributed by atoms with Gasteiger partial charge in [-0.15, -0.1) is 0 Å². The number of aliphatic hydroxyl groups is 1. The fourth-order valence-electron chi connectivity index (χ4n) is 2.23. The molecule has 1 amide bonds. The molecule has 0 saturated heterocycles. The minimum Gasteiger partial charge on any atom is -0.391 e. The van der Waals surface area contributed by atoms with Crippen LogP contribution in [0.15, 0.2) is 18.2 Å². The molecule has 0 aliphatic heterocycles. The van der Waals surface area contributed by atoms with E-state index in [1.807, 2.05) is 6.92 Å². The largest absolute Gasteiger partial charge is 0.391 e. The van der Waals surface area contributed by atoms with E-state index in [0.717, 1.165) is 19.3 Å². The highest BCUT2D eigenvalue weighted by Crippen LogP contribution is 2.10. The minimum absolute atomic E-state index is 0.00862. The molecule has 3 nitrogen and oxygen atoms in total. The van der Waals surface area contributed by atoms with E-state index in [9.17, 15) is 9.90 Å². The third kappa shape index (κ3) is 6.39. The van der Waals surface area contributed by atoms with Crippen molar-refractivity contribution < 1.29 is 9.90 Å². The van der Waals surface area contributed by atoms with Crippen molar-refractivity contribution in [2.24, 2.45) is 0 Å². The molecule has 0 aliphatic carbocycles. The van der Waals surface area contributed by atoms with Crippen molar-refractivity contribution in [3.8, 4) is 0 Å². The van der Waals surface area contributed by atoms with Gasteiger partial charge in [-0.3, -0.25) is 4.79 Å². The highest BCUT2D eigenvalue weighted by molar-refractivity contribution is 5.76. The number of aliphatic hydroxyl groups excluding tert-OH is 1. The number of carbonyl (C=O) groups excluding carboxylic acids is 1. The molecule has 1 aromatic carbocycles. The molecule has 0 aliphatic rings. The average Bonchev–Trinajstić information content (AvgIpc) is 2.33. The molecule has 1 aromatic rings. The highest BCUT2D eigenvalue weighted by atomic mass is 16.3. The molecule has 3 heteroatoms. The van der Waals surface area contributed by atoms with E-state index < -0.39 is 6.10 Å². The van der Waals surface area contributed by atoms with Crippen LogP contribution >= 0.6 is 0 Å². The SMILES string of the molecule is CCCC(O)CNC(=O)CCc1cc(C)cc(C)c1. The maximum absolute atomic E-state index is 11.7. The smallest absolute Gasteiger partial charge is 0.220 e. The summed E-state index contributed by atoms with van der Waals surface area (Å²) in [6, 6.07) is 6.36. The molecule has 0 radical (unpaired) electrons. The number of hydrogen-bond donors (Lipinski definition) is 2. The second-order valence-corrected chi connectivity index (χ2v) is 5.24. The van der Waals surface area contributed by atoms with Gasteiger partial charge in [0.05, 0.1) is 6.10 Å². The van der Waals surface area contributed by atoms with Gasteiger partial charge in [0.25, 0.3) is 0 Å². The van der Waals surface area contributed by atoms with Gasteiger partial charge in [-0.1, -0.05) is 42.7 Å². The Kier molecular flexibility index (Phi) is 6.57. The monoisotopic (exact) mass is 263 g/mol. The lowest BCUT2D eigenvalue weighted by molar-refractivity contribution is -0.121. The van der Waals surface area contributed by atoms with Gasteiger partial charge < -0.3 is 10.4 Å². The Morgan fingerprint density at radius 3 is 2.47 bits per heavy atom. The van der Waals surface area contributed by atoms with E-state index in [4.69, 9.17) is 0 Å². The summed E-state index contributed by atoms with van der Waals surface area (Å²) < 4.78 is 0. The normalized spacial score (nSPS) is 12.2. The maximum Gasteiger partial charge on any atom is 0.220 e. The van der Waals surface area contributed by atoms with Gasteiger partial charge in [0.15, 0.2) is 0 Å². The van der Waals surface area contributed by atoms with Crippen molar-refractivity contribution in [1.29, 1.82) is 0 Å². The predicted molar refractivity (Wildman–Crippen MR) is 78.2 cm³/mol. The molecule has 0 heterocycles. The Balaban J connectivity index is 2.33. The average molecular weight is 263 g/mol. The zero-order valence-corrected chi connectivity index (χ0v) is 12.2. The third-order valence-corrected chi connectivity index (χ3v) is 3.08. The number of benzene rings is 1. The fraction of sp³-hybridized carbons (Fsp3) is 0.562. The van der Waals surface area contributed by atoms with Crippen molar-refractivity contribution in [1.82, 2.24) is 5.32 Å². The van der Waals surface area contributed by atoms with E-state index in [1.54, 1.807) is 0 Å². The molecule has 19 heavy (non-hydrogen) atoms. The molecule has 106 valence electrons. The molecular weight excluding hydrogens is 238 g/mol. The van der Waals surface area contributed by atoms with Crippen molar-refractivity contribution in [3.63, 3.8) is 0 Å². The molecule has 1 atom stereocenters. The van der Waals surface area contributed by atoms with E-state index in [2.05, 4.69) is 37.4 Å².